The third kappa shape index (κ3) is 4.61. The van der Waals surface area contributed by atoms with E-state index in [9.17, 15) is 4.79 Å². The SMILES string of the molecule is O=C(CCc1cccc(Cl)c1)N1CCCC[C@@H](c2ccccc2)C1. The minimum Gasteiger partial charge on any atom is -0.342 e. The number of rotatable bonds is 4. The number of likely N-dealkylation sites (tertiary alicyclic amines) is 1. The second kappa shape index (κ2) is 8.34. The Morgan fingerprint density at radius 1 is 1.08 bits per heavy atom. The Labute approximate surface area is 149 Å². The predicted molar refractivity (Wildman–Crippen MR) is 99.4 cm³/mol. The van der Waals surface area contributed by atoms with Gasteiger partial charge in [-0.3, -0.25) is 4.79 Å². The largest absolute Gasteiger partial charge is 0.342 e. The van der Waals surface area contributed by atoms with Gasteiger partial charge in [0.1, 0.15) is 0 Å². The van der Waals surface area contributed by atoms with Crippen LogP contribution in [0.2, 0.25) is 5.02 Å². The quantitative estimate of drug-likeness (QED) is 0.760. The van der Waals surface area contributed by atoms with Crippen LogP contribution in [0.4, 0.5) is 0 Å². The van der Waals surface area contributed by atoms with Crippen molar-refractivity contribution in [1.29, 1.82) is 0 Å². The first-order valence-electron chi connectivity index (χ1n) is 8.79. The lowest BCUT2D eigenvalue weighted by molar-refractivity contribution is -0.131. The molecule has 0 N–H and O–H groups in total. The van der Waals surface area contributed by atoms with E-state index < -0.39 is 0 Å². The van der Waals surface area contributed by atoms with E-state index >= 15 is 0 Å². The standard InChI is InChI=1S/C21H24ClNO/c22-20-11-6-7-17(15-20)12-13-21(24)23-14-5-4-10-19(16-23)18-8-2-1-3-9-18/h1-3,6-9,11,15,19H,4-5,10,12-14,16H2/t19-/m1/s1. The molecule has 0 aliphatic carbocycles. The summed E-state index contributed by atoms with van der Waals surface area (Å²) in [5.74, 6) is 0.724. The van der Waals surface area contributed by atoms with Gasteiger partial charge in [-0.25, -0.2) is 0 Å². The van der Waals surface area contributed by atoms with Crippen molar-refractivity contribution >= 4 is 17.5 Å². The number of hydrogen-bond acceptors (Lipinski definition) is 1. The van der Waals surface area contributed by atoms with Crippen molar-refractivity contribution in [2.24, 2.45) is 0 Å². The first-order chi connectivity index (χ1) is 11.7. The lowest BCUT2D eigenvalue weighted by atomic mass is 9.94. The van der Waals surface area contributed by atoms with E-state index in [1.807, 2.05) is 30.3 Å². The van der Waals surface area contributed by atoms with Crippen molar-refractivity contribution in [3.05, 3.63) is 70.7 Å². The average Bonchev–Trinajstić information content (AvgIpc) is 2.87. The molecule has 1 aliphatic heterocycles. The second-order valence-electron chi connectivity index (χ2n) is 6.57. The van der Waals surface area contributed by atoms with Gasteiger partial charge in [0.05, 0.1) is 0 Å². The fraction of sp³-hybridized carbons (Fsp3) is 0.381. The maximum atomic E-state index is 12.7. The second-order valence-corrected chi connectivity index (χ2v) is 7.01. The lowest BCUT2D eigenvalue weighted by Crippen LogP contribution is -2.34. The highest BCUT2D eigenvalue weighted by Crippen LogP contribution is 2.26. The van der Waals surface area contributed by atoms with Crippen LogP contribution >= 0.6 is 11.6 Å². The van der Waals surface area contributed by atoms with E-state index in [-0.39, 0.29) is 5.91 Å². The molecule has 2 aromatic carbocycles. The van der Waals surface area contributed by atoms with E-state index in [4.69, 9.17) is 11.6 Å². The van der Waals surface area contributed by atoms with Gasteiger partial charge in [0, 0.05) is 30.5 Å². The van der Waals surface area contributed by atoms with Gasteiger partial charge >= 0.3 is 0 Å². The predicted octanol–water partition coefficient (Wildman–Crippen LogP) is 5.07. The summed E-state index contributed by atoms with van der Waals surface area (Å²) in [4.78, 5) is 14.7. The first-order valence-corrected chi connectivity index (χ1v) is 9.17. The summed E-state index contributed by atoms with van der Waals surface area (Å²) in [6.07, 6.45) is 4.78. The molecular formula is C21H24ClNO. The summed E-state index contributed by atoms with van der Waals surface area (Å²) in [6, 6.07) is 18.4. The Bertz CT molecular complexity index is 671. The van der Waals surface area contributed by atoms with Crippen LogP contribution in [0.25, 0.3) is 0 Å². The van der Waals surface area contributed by atoms with Gasteiger partial charge < -0.3 is 4.90 Å². The Morgan fingerprint density at radius 2 is 1.92 bits per heavy atom. The molecule has 2 aromatic rings. The molecule has 24 heavy (non-hydrogen) atoms. The first kappa shape index (κ1) is 17.0. The van der Waals surface area contributed by atoms with E-state index in [1.165, 1.54) is 18.4 Å². The molecule has 1 aliphatic rings. The monoisotopic (exact) mass is 341 g/mol. The van der Waals surface area contributed by atoms with Gasteiger partial charge in [0.15, 0.2) is 0 Å². The third-order valence-electron chi connectivity index (χ3n) is 4.81. The van der Waals surface area contributed by atoms with Crippen molar-refractivity contribution in [2.45, 2.75) is 38.0 Å². The molecule has 2 nitrogen and oxygen atoms in total. The molecule has 1 saturated heterocycles. The normalized spacial score (nSPS) is 18.2. The highest BCUT2D eigenvalue weighted by Gasteiger charge is 2.22. The summed E-state index contributed by atoms with van der Waals surface area (Å²) in [6.45, 7) is 1.73. The summed E-state index contributed by atoms with van der Waals surface area (Å²) in [7, 11) is 0. The Balaban J connectivity index is 1.61. The molecule has 1 atom stereocenters. The van der Waals surface area contributed by atoms with Gasteiger partial charge in [-0.2, -0.15) is 0 Å². The van der Waals surface area contributed by atoms with Gasteiger partial charge in [0.25, 0.3) is 0 Å². The number of benzene rings is 2. The molecule has 0 bridgehead atoms. The van der Waals surface area contributed by atoms with Crippen molar-refractivity contribution in [3.63, 3.8) is 0 Å². The molecule has 0 saturated carbocycles. The van der Waals surface area contributed by atoms with Crippen molar-refractivity contribution in [3.8, 4) is 0 Å². The maximum absolute atomic E-state index is 12.7. The van der Waals surface area contributed by atoms with Crippen LogP contribution in [0.15, 0.2) is 54.6 Å². The third-order valence-corrected chi connectivity index (χ3v) is 5.05. The molecule has 3 rings (SSSR count). The van der Waals surface area contributed by atoms with Crippen LogP contribution in [0.5, 0.6) is 0 Å². The fourth-order valence-electron chi connectivity index (χ4n) is 3.47. The fourth-order valence-corrected chi connectivity index (χ4v) is 3.68. The van der Waals surface area contributed by atoms with Gasteiger partial charge in [-0.15, -0.1) is 0 Å². The van der Waals surface area contributed by atoms with Crippen LogP contribution in [0, 0.1) is 0 Å². The number of halogens is 1. The number of amides is 1. The minimum atomic E-state index is 0.262. The molecular weight excluding hydrogens is 318 g/mol. The molecule has 0 radical (unpaired) electrons. The number of hydrogen-bond donors (Lipinski definition) is 0. The molecule has 126 valence electrons. The molecule has 0 spiro atoms. The molecule has 1 fully saturated rings. The number of carbonyl (C=O) groups is 1. The Hall–Kier alpha value is -1.80. The number of nitrogens with zero attached hydrogens (tertiary/aromatic N) is 1. The Kier molecular flexibility index (Phi) is 5.92. The minimum absolute atomic E-state index is 0.262. The summed E-state index contributed by atoms with van der Waals surface area (Å²) in [5.41, 5.74) is 2.48. The molecule has 1 heterocycles. The summed E-state index contributed by atoms with van der Waals surface area (Å²) >= 11 is 6.02. The topological polar surface area (TPSA) is 20.3 Å². The van der Waals surface area contributed by atoms with Crippen molar-refractivity contribution in [2.75, 3.05) is 13.1 Å². The van der Waals surface area contributed by atoms with Crippen LogP contribution in [0.3, 0.4) is 0 Å². The summed E-state index contributed by atoms with van der Waals surface area (Å²) in [5, 5.41) is 0.735. The van der Waals surface area contributed by atoms with E-state index in [0.717, 1.165) is 36.5 Å². The zero-order chi connectivity index (χ0) is 16.8. The summed E-state index contributed by atoms with van der Waals surface area (Å²) < 4.78 is 0. The van der Waals surface area contributed by atoms with Crippen LogP contribution in [-0.2, 0) is 11.2 Å². The Morgan fingerprint density at radius 3 is 2.71 bits per heavy atom. The van der Waals surface area contributed by atoms with Crippen LogP contribution in [0.1, 0.15) is 42.7 Å². The highest BCUT2D eigenvalue weighted by atomic mass is 35.5. The highest BCUT2D eigenvalue weighted by molar-refractivity contribution is 6.30. The zero-order valence-electron chi connectivity index (χ0n) is 14.0. The number of carbonyl (C=O) groups excluding carboxylic acids is 1. The lowest BCUT2D eigenvalue weighted by Gasteiger charge is -2.25. The van der Waals surface area contributed by atoms with Crippen LogP contribution < -0.4 is 0 Å². The van der Waals surface area contributed by atoms with Crippen molar-refractivity contribution in [1.82, 2.24) is 4.90 Å². The average molecular weight is 342 g/mol. The molecule has 0 unspecified atom stereocenters. The van der Waals surface area contributed by atoms with E-state index in [0.29, 0.717) is 12.3 Å². The van der Waals surface area contributed by atoms with E-state index in [2.05, 4.69) is 29.2 Å². The van der Waals surface area contributed by atoms with E-state index in [1.54, 1.807) is 0 Å². The van der Waals surface area contributed by atoms with Crippen molar-refractivity contribution < 1.29 is 4.79 Å². The maximum Gasteiger partial charge on any atom is 0.222 e. The van der Waals surface area contributed by atoms with Crippen LogP contribution in [-0.4, -0.2) is 23.9 Å². The number of aryl methyl sites for hydroxylation is 1. The van der Waals surface area contributed by atoms with Gasteiger partial charge in [-0.1, -0.05) is 60.5 Å². The molecule has 1 amide bonds. The smallest absolute Gasteiger partial charge is 0.222 e. The van der Waals surface area contributed by atoms with Gasteiger partial charge in [0.2, 0.25) is 5.91 Å². The van der Waals surface area contributed by atoms with Gasteiger partial charge in [-0.05, 0) is 42.5 Å². The zero-order valence-corrected chi connectivity index (χ0v) is 14.7. The molecule has 3 heteroatoms. The molecule has 0 aromatic heterocycles.